The lowest BCUT2D eigenvalue weighted by molar-refractivity contribution is 0.174. The Morgan fingerprint density at radius 1 is 1.17 bits per heavy atom. The van der Waals surface area contributed by atoms with Crippen LogP contribution in [0, 0.1) is 6.92 Å². The number of aliphatic hydroxyl groups excluding tert-OH is 1. The molecule has 0 radical (unpaired) electrons. The third-order valence-corrected chi connectivity index (χ3v) is 4.06. The van der Waals surface area contributed by atoms with Crippen molar-refractivity contribution in [1.82, 2.24) is 9.55 Å². The van der Waals surface area contributed by atoms with E-state index in [1.54, 1.807) is 0 Å². The number of hydrogen-bond donors (Lipinski definition) is 1. The molecule has 4 rings (SSSR count). The maximum absolute atomic E-state index is 9.22. The summed E-state index contributed by atoms with van der Waals surface area (Å²) in [6, 6.07) is 12.2. The van der Waals surface area contributed by atoms with Crippen molar-refractivity contribution >= 4 is 11.0 Å². The minimum atomic E-state index is 0.150. The van der Waals surface area contributed by atoms with Crippen LogP contribution in [-0.4, -0.2) is 28.1 Å². The van der Waals surface area contributed by atoms with E-state index in [0.717, 1.165) is 33.9 Å². The first-order chi connectivity index (χ1) is 11.3. The second kappa shape index (κ2) is 5.59. The number of benzene rings is 2. The quantitative estimate of drug-likeness (QED) is 0.804. The van der Waals surface area contributed by atoms with Gasteiger partial charge in [0.05, 0.1) is 11.0 Å². The normalized spacial score (nSPS) is 13.0. The molecule has 0 saturated carbocycles. The number of imidazole rings is 1. The molecule has 2 aromatic carbocycles. The van der Waals surface area contributed by atoms with Crippen molar-refractivity contribution in [2.75, 3.05) is 13.4 Å². The minimum Gasteiger partial charge on any atom is -0.454 e. The van der Waals surface area contributed by atoms with Gasteiger partial charge in [-0.1, -0.05) is 23.8 Å². The maximum atomic E-state index is 9.22. The van der Waals surface area contributed by atoms with Crippen LogP contribution >= 0.6 is 0 Å². The van der Waals surface area contributed by atoms with Crippen LogP contribution in [0.4, 0.5) is 0 Å². The fourth-order valence-corrected chi connectivity index (χ4v) is 2.97. The number of aliphatic hydroxyl groups is 1. The molecule has 2 heterocycles. The van der Waals surface area contributed by atoms with Crippen molar-refractivity contribution in [1.29, 1.82) is 0 Å². The molecule has 0 unspecified atom stereocenters. The monoisotopic (exact) mass is 310 g/mol. The average Bonchev–Trinajstić information content (AvgIpc) is 3.14. The van der Waals surface area contributed by atoms with Gasteiger partial charge in [0.2, 0.25) is 6.79 Å². The van der Waals surface area contributed by atoms with E-state index in [-0.39, 0.29) is 13.4 Å². The smallest absolute Gasteiger partial charge is 0.231 e. The Hall–Kier alpha value is -2.53. The molecule has 0 spiro atoms. The van der Waals surface area contributed by atoms with Gasteiger partial charge in [-0.3, -0.25) is 0 Å². The molecule has 0 saturated heterocycles. The molecule has 0 amide bonds. The van der Waals surface area contributed by atoms with Gasteiger partial charge in [0.1, 0.15) is 5.82 Å². The highest BCUT2D eigenvalue weighted by Gasteiger charge is 2.19. The molecule has 0 aliphatic carbocycles. The Labute approximate surface area is 134 Å². The summed E-state index contributed by atoms with van der Waals surface area (Å²) in [6.45, 7) is 3.18. The van der Waals surface area contributed by atoms with Gasteiger partial charge >= 0.3 is 0 Å². The van der Waals surface area contributed by atoms with Gasteiger partial charge in [0, 0.05) is 30.8 Å². The zero-order valence-corrected chi connectivity index (χ0v) is 13.0. The highest BCUT2D eigenvalue weighted by Crippen LogP contribution is 2.37. The Bertz CT molecular complexity index is 870. The van der Waals surface area contributed by atoms with E-state index in [2.05, 4.69) is 29.7 Å². The number of hydrogen-bond acceptors (Lipinski definition) is 4. The van der Waals surface area contributed by atoms with Crippen LogP contribution in [0.5, 0.6) is 11.5 Å². The lowest BCUT2D eigenvalue weighted by Crippen LogP contribution is -2.02. The number of fused-ring (bicyclic) bond motifs is 2. The number of nitrogens with zero attached hydrogens (tertiary/aromatic N) is 2. The van der Waals surface area contributed by atoms with Crippen LogP contribution in [0.2, 0.25) is 0 Å². The zero-order chi connectivity index (χ0) is 15.8. The third-order valence-electron chi connectivity index (χ3n) is 4.06. The van der Waals surface area contributed by atoms with Crippen LogP contribution in [0.3, 0.4) is 0 Å². The number of aromatic nitrogens is 2. The molecule has 1 aliphatic heterocycles. The second-order valence-corrected chi connectivity index (χ2v) is 5.73. The molecule has 1 N–H and O–H groups in total. The van der Waals surface area contributed by atoms with E-state index in [1.165, 1.54) is 5.56 Å². The average molecular weight is 310 g/mol. The van der Waals surface area contributed by atoms with Crippen molar-refractivity contribution in [3.63, 3.8) is 0 Å². The first-order valence-corrected chi connectivity index (χ1v) is 7.74. The van der Waals surface area contributed by atoms with E-state index in [1.807, 2.05) is 18.2 Å². The van der Waals surface area contributed by atoms with Gasteiger partial charge in [-0.15, -0.1) is 0 Å². The van der Waals surface area contributed by atoms with Crippen LogP contribution < -0.4 is 9.47 Å². The van der Waals surface area contributed by atoms with E-state index in [0.29, 0.717) is 13.0 Å². The fourth-order valence-electron chi connectivity index (χ4n) is 2.97. The minimum absolute atomic E-state index is 0.150. The van der Waals surface area contributed by atoms with Gasteiger partial charge in [-0.05, 0) is 19.4 Å². The van der Waals surface area contributed by atoms with E-state index >= 15 is 0 Å². The zero-order valence-electron chi connectivity index (χ0n) is 13.0. The van der Waals surface area contributed by atoms with Crippen molar-refractivity contribution < 1.29 is 14.6 Å². The number of rotatable bonds is 4. The van der Waals surface area contributed by atoms with Crippen LogP contribution in [0.25, 0.3) is 22.4 Å². The standard InChI is InChI=1S/C18H18N2O3/c1-12-4-2-5-13(8-12)18-19-14-9-16-17(23-11-22-16)10-15(14)20(18)6-3-7-21/h2,4-5,8-10,21H,3,6-7,11H2,1H3. The fraction of sp³-hybridized carbons (Fsp3) is 0.278. The first-order valence-electron chi connectivity index (χ1n) is 7.74. The molecular formula is C18H18N2O3. The largest absolute Gasteiger partial charge is 0.454 e. The molecule has 3 aromatic rings. The molecule has 0 bridgehead atoms. The SMILES string of the molecule is Cc1cccc(-c2nc3cc4c(cc3n2CCCO)OCO4)c1. The number of aryl methyl sites for hydroxylation is 2. The molecule has 118 valence electrons. The summed E-state index contributed by atoms with van der Waals surface area (Å²) in [7, 11) is 0. The summed E-state index contributed by atoms with van der Waals surface area (Å²) in [5.74, 6) is 2.39. The highest BCUT2D eigenvalue weighted by molar-refractivity contribution is 5.84. The molecule has 1 aliphatic rings. The maximum Gasteiger partial charge on any atom is 0.231 e. The van der Waals surface area contributed by atoms with Crippen LogP contribution in [0.15, 0.2) is 36.4 Å². The predicted molar refractivity (Wildman–Crippen MR) is 87.7 cm³/mol. The summed E-state index contributed by atoms with van der Waals surface area (Å²) in [6.07, 6.45) is 0.679. The third kappa shape index (κ3) is 2.43. The Balaban J connectivity index is 1.92. The highest BCUT2D eigenvalue weighted by atomic mass is 16.7. The van der Waals surface area contributed by atoms with Crippen molar-refractivity contribution in [3.05, 3.63) is 42.0 Å². The van der Waals surface area contributed by atoms with E-state index in [4.69, 9.17) is 14.5 Å². The van der Waals surface area contributed by atoms with Gasteiger partial charge < -0.3 is 19.1 Å². The summed E-state index contributed by atoms with van der Waals surface area (Å²) < 4.78 is 13.1. The van der Waals surface area contributed by atoms with E-state index < -0.39 is 0 Å². The van der Waals surface area contributed by atoms with E-state index in [9.17, 15) is 5.11 Å². The molecular weight excluding hydrogens is 292 g/mol. The molecule has 23 heavy (non-hydrogen) atoms. The van der Waals surface area contributed by atoms with Gasteiger partial charge in [0.25, 0.3) is 0 Å². The predicted octanol–water partition coefficient (Wildman–Crippen LogP) is 3.12. The molecule has 0 atom stereocenters. The van der Waals surface area contributed by atoms with Gasteiger partial charge in [0.15, 0.2) is 11.5 Å². The summed E-state index contributed by atoms with van der Waals surface area (Å²) >= 11 is 0. The summed E-state index contributed by atoms with van der Waals surface area (Å²) in [4.78, 5) is 4.80. The van der Waals surface area contributed by atoms with Crippen molar-refractivity contribution in [3.8, 4) is 22.9 Å². The number of ether oxygens (including phenoxy) is 2. The lowest BCUT2D eigenvalue weighted by Gasteiger charge is -2.09. The summed E-state index contributed by atoms with van der Waals surface area (Å²) in [5, 5.41) is 9.22. The first kappa shape index (κ1) is 14.1. The Morgan fingerprint density at radius 2 is 2.00 bits per heavy atom. The second-order valence-electron chi connectivity index (χ2n) is 5.73. The topological polar surface area (TPSA) is 56.5 Å². The van der Waals surface area contributed by atoms with Crippen LogP contribution in [0.1, 0.15) is 12.0 Å². The molecule has 0 fully saturated rings. The van der Waals surface area contributed by atoms with Gasteiger partial charge in [-0.2, -0.15) is 0 Å². The van der Waals surface area contributed by atoms with Gasteiger partial charge in [-0.25, -0.2) is 4.98 Å². The van der Waals surface area contributed by atoms with Crippen LogP contribution in [-0.2, 0) is 6.54 Å². The summed E-state index contributed by atoms with van der Waals surface area (Å²) in [5.41, 5.74) is 4.14. The molecule has 5 nitrogen and oxygen atoms in total. The molecule has 1 aromatic heterocycles. The molecule has 5 heteroatoms. The lowest BCUT2D eigenvalue weighted by atomic mass is 10.1. The van der Waals surface area contributed by atoms with Crippen molar-refractivity contribution in [2.45, 2.75) is 19.9 Å². The Kier molecular flexibility index (Phi) is 3.42. The Morgan fingerprint density at radius 3 is 2.78 bits per heavy atom. The van der Waals surface area contributed by atoms with Crippen molar-refractivity contribution in [2.24, 2.45) is 0 Å².